The minimum atomic E-state index is -0.576. The molecule has 3 aromatic rings. The van der Waals surface area contributed by atoms with E-state index in [1.54, 1.807) is 30.3 Å². The Labute approximate surface area is 170 Å². The smallest absolute Gasteiger partial charge is 0.338 e. The predicted octanol–water partition coefficient (Wildman–Crippen LogP) is 5.24. The van der Waals surface area contributed by atoms with Crippen LogP contribution in [0.25, 0.3) is 22.3 Å². The second-order valence-corrected chi connectivity index (χ2v) is 8.31. The molecule has 0 radical (unpaired) electrons. The fourth-order valence-corrected chi connectivity index (χ4v) is 2.80. The normalized spacial score (nSPS) is 11.7. The van der Waals surface area contributed by atoms with E-state index in [1.807, 2.05) is 32.7 Å². The third-order valence-electron chi connectivity index (χ3n) is 4.51. The van der Waals surface area contributed by atoms with Crippen LogP contribution < -0.4 is 4.90 Å². The topological polar surface area (TPSA) is 55.3 Å². The molecule has 0 fully saturated rings. The maximum atomic E-state index is 13.4. The Morgan fingerprint density at radius 3 is 2.28 bits per heavy atom. The highest BCUT2D eigenvalue weighted by Gasteiger charge is 2.20. The maximum Gasteiger partial charge on any atom is 0.338 e. The van der Waals surface area contributed by atoms with Gasteiger partial charge in [0.05, 0.1) is 16.6 Å². The average molecular weight is 395 g/mol. The highest BCUT2D eigenvalue weighted by atomic mass is 19.1. The van der Waals surface area contributed by atoms with Crippen LogP contribution in [0.3, 0.4) is 0 Å². The molecule has 0 atom stereocenters. The zero-order valence-electron chi connectivity index (χ0n) is 17.7. The zero-order chi connectivity index (χ0) is 21.3. The van der Waals surface area contributed by atoms with Crippen LogP contribution in [0.1, 0.15) is 45.0 Å². The van der Waals surface area contributed by atoms with E-state index < -0.39 is 11.6 Å². The van der Waals surface area contributed by atoms with Crippen LogP contribution in [0.2, 0.25) is 0 Å². The SMILES string of the molecule is CC(C)N(C)c1nc2cc(C(=O)OC(C)(C)C)ccc2nc1-c1ccc(F)cc1. The van der Waals surface area contributed by atoms with Gasteiger partial charge in [-0.15, -0.1) is 0 Å². The van der Waals surface area contributed by atoms with Crippen molar-refractivity contribution in [3.05, 3.63) is 53.8 Å². The minimum absolute atomic E-state index is 0.176. The number of carbonyl (C=O) groups excluding carboxylic acids is 1. The Hall–Kier alpha value is -3.02. The molecule has 0 saturated heterocycles. The molecule has 0 saturated carbocycles. The summed E-state index contributed by atoms with van der Waals surface area (Å²) in [4.78, 5) is 24.0. The number of aromatic nitrogens is 2. The van der Waals surface area contributed by atoms with E-state index >= 15 is 0 Å². The van der Waals surface area contributed by atoms with Gasteiger partial charge < -0.3 is 9.64 Å². The first-order valence-electron chi connectivity index (χ1n) is 9.59. The number of ether oxygens (including phenoxy) is 1. The summed E-state index contributed by atoms with van der Waals surface area (Å²) in [5.74, 6) is -0.0358. The van der Waals surface area contributed by atoms with Gasteiger partial charge in [-0.25, -0.2) is 19.2 Å². The predicted molar refractivity (Wildman–Crippen MR) is 114 cm³/mol. The summed E-state index contributed by atoms with van der Waals surface area (Å²) in [7, 11) is 1.94. The molecule has 0 bridgehead atoms. The molecule has 6 heteroatoms. The van der Waals surface area contributed by atoms with Gasteiger partial charge in [-0.2, -0.15) is 0 Å². The van der Waals surface area contributed by atoms with Crippen molar-refractivity contribution in [2.75, 3.05) is 11.9 Å². The molecule has 152 valence electrons. The van der Waals surface area contributed by atoms with E-state index in [0.29, 0.717) is 28.1 Å². The first kappa shape index (κ1) is 20.7. The second kappa shape index (κ2) is 7.78. The molecule has 0 spiro atoms. The Bertz CT molecular complexity index is 1040. The van der Waals surface area contributed by atoms with Crippen LogP contribution in [-0.4, -0.2) is 34.6 Å². The van der Waals surface area contributed by atoms with Crippen molar-refractivity contribution < 1.29 is 13.9 Å². The first-order chi connectivity index (χ1) is 13.5. The largest absolute Gasteiger partial charge is 0.456 e. The number of halogens is 1. The molecule has 0 aliphatic rings. The molecule has 29 heavy (non-hydrogen) atoms. The molecule has 3 rings (SSSR count). The van der Waals surface area contributed by atoms with E-state index in [4.69, 9.17) is 14.7 Å². The molecule has 0 aliphatic heterocycles. The summed E-state index contributed by atoms with van der Waals surface area (Å²) in [6.07, 6.45) is 0. The van der Waals surface area contributed by atoms with Crippen LogP contribution in [0.5, 0.6) is 0 Å². The van der Waals surface area contributed by atoms with Crippen LogP contribution in [0.15, 0.2) is 42.5 Å². The molecule has 0 unspecified atom stereocenters. The molecule has 0 N–H and O–H groups in total. The van der Waals surface area contributed by atoms with Crippen molar-refractivity contribution in [2.24, 2.45) is 0 Å². The van der Waals surface area contributed by atoms with Crippen LogP contribution in [-0.2, 0) is 4.74 Å². The summed E-state index contributed by atoms with van der Waals surface area (Å²) in [5.41, 5.74) is 2.54. The standard InChI is InChI=1S/C23H26FN3O2/c1-14(2)27(6)21-20(15-7-10-17(24)11-8-15)25-18-12-9-16(13-19(18)26-21)22(28)29-23(3,4)5/h7-14H,1-6H3. The minimum Gasteiger partial charge on any atom is -0.456 e. The third kappa shape index (κ3) is 4.70. The number of hydrogen-bond donors (Lipinski definition) is 0. The molecule has 0 aliphatic carbocycles. The number of rotatable bonds is 4. The summed E-state index contributed by atoms with van der Waals surface area (Å²) in [5, 5.41) is 0. The Morgan fingerprint density at radius 1 is 1.03 bits per heavy atom. The van der Waals surface area contributed by atoms with Gasteiger partial charge in [0.2, 0.25) is 0 Å². The zero-order valence-corrected chi connectivity index (χ0v) is 17.7. The second-order valence-electron chi connectivity index (χ2n) is 8.31. The molecular weight excluding hydrogens is 369 g/mol. The Morgan fingerprint density at radius 2 is 1.69 bits per heavy atom. The summed E-state index contributed by atoms with van der Waals surface area (Å²) >= 11 is 0. The fraction of sp³-hybridized carbons (Fsp3) is 0.348. The number of esters is 1. The molecule has 1 aromatic heterocycles. The lowest BCUT2D eigenvalue weighted by atomic mass is 10.1. The number of hydrogen-bond acceptors (Lipinski definition) is 5. The molecular formula is C23H26FN3O2. The van der Waals surface area contributed by atoms with E-state index in [0.717, 1.165) is 5.56 Å². The first-order valence-corrected chi connectivity index (χ1v) is 9.59. The number of benzene rings is 2. The maximum absolute atomic E-state index is 13.4. The molecule has 1 heterocycles. The average Bonchev–Trinajstić information content (AvgIpc) is 2.65. The molecule has 5 nitrogen and oxygen atoms in total. The quantitative estimate of drug-likeness (QED) is 0.566. The van der Waals surface area contributed by atoms with Crippen molar-refractivity contribution >= 4 is 22.8 Å². The summed E-state index contributed by atoms with van der Waals surface area (Å²) in [6.45, 7) is 9.60. The van der Waals surface area contributed by atoms with Gasteiger partial charge in [0, 0.05) is 18.7 Å². The molecule has 2 aromatic carbocycles. The van der Waals surface area contributed by atoms with E-state index in [-0.39, 0.29) is 11.9 Å². The van der Waals surface area contributed by atoms with Gasteiger partial charge in [0.15, 0.2) is 5.82 Å². The Kier molecular flexibility index (Phi) is 5.55. The van der Waals surface area contributed by atoms with Gasteiger partial charge in [-0.1, -0.05) is 0 Å². The van der Waals surface area contributed by atoms with Crippen LogP contribution in [0.4, 0.5) is 10.2 Å². The fourth-order valence-electron chi connectivity index (χ4n) is 2.80. The van der Waals surface area contributed by atoms with Crippen LogP contribution >= 0.6 is 0 Å². The van der Waals surface area contributed by atoms with Crippen molar-refractivity contribution in [1.82, 2.24) is 9.97 Å². The number of nitrogens with zero attached hydrogens (tertiary/aromatic N) is 3. The van der Waals surface area contributed by atoms with E-state index in [1.165, 1.54) is 12.1 Å². The highest BCUT2D eigenvalue weighted by molar-refractivity contribution is 5.94. The van der Waals surface area contributed by atoms with Crippen molar-refractivity contribution in [3.8, 4) is 11.3 Å². The van der Waals surface area contributed by atoms with Gasteiger partial charge in [-0.05, 0) is 77.1 Å². The lowest BCUT2D eigenvalue weighted by Crippen LogP contribution is -2.27. The summed E-state index contributed by atoms with van der Waals surface area (Å²) < 4.78 is 18.8. The van der Waals surface area contributed by atoms with E-state index in [2.05, 4.69) is 13.8 Å². The van der Waals surface area contributed by atoms with Crippen molar-refractivity contribution in [1.29, 1.82) is 0 Å². The van der Waals surface area contributed by atoms with Gasteiger partial charge in [0.1, 0.15) is 17.1 Å². The van der Waals surface area contributed by atoms with E-state index in [9.17, 15) is 9.18 Å². The van der Waals surface area contributed by atoms with Crippen molar-refractivity contribution in [3.63, 3.8) is 0 Å². The van der Waals surface area contributed by atoms with Gasteiger partial charge >= 0.3 is 5.97 Å². The lowest BCUT2D eigenvalue weighted by Gasteiger charge is -2.25. The Balaban J connectivity index is 2.14. The van der Waals surface area contributed by atoms with Crippen LogP contribution in [0, 0.1) is 5.82 Å². The van der Waals surface area contributed by atoms with Gasteiger partial charge in [0.25, 0.3) is 0 Å². The van der Waals surface area contributed by atoms with Gasteiger partial charge in [-0.3, -0.25) is 0 Å². The number of fused-ring (bicyclic) bond motifs is 1. The molecule has 0 amide bonds. The summed E-state index contributed by atoms with van der Waals surface area (Å²) in [6, 6.07) is 11.5. The van der Waals surface area contributed by atoms with Crippen molar-refractivity contribution in [2.45, 2.75) is 46.3 Å². The highest BCUT2D eigenvalue weighted by Crippen LogP contribution is 2.30. The lowest BCUT2D eigenvalue weighted by molar-refractivity contribution is 0.00697. The third-order valence-corrected chi connectivity index (χ3v) is 4.51. The monoisotopic (exact) mass is 395 g/mol. The number of carbonyl (C=O) groups is 1. The number of anilines is 1.